The van der Waals surface area contributed by atoms with Crippen LogP contribution in [0.5, 0.6) is 0 Å². The molecule has 5 aromatic rings. The van der Waals surface area contributed by atoms with E-state index >= 15 is 0 Å². The zero-order valence-corrected chi connectivity index (χ0v) is 18.5. The molecule has 158 valence electrons. The number of carbonyl (C=O) groups is 1. The molecular weight excluding hydrogens is 416 g/mol. The summed E-state index contributed by atoms with van der Waals surface area (Å²) in [4.78, 5) is 20.7. The fourth-order valence-electron chi connectivity index (χ4n) is 3.86. The number of aryl methyl sites for hydroxylation is 1. The van der Waals surface area contributed by atoms with E-state index in [9.17, 15) is 4.79 Å². The van der Waals surface area contributed by atoms with Crippen LogP contribution in [0.25, 0.3) is 10.2 Å². The van der Waals surface area contributed by atoms with Gasteiger partial charge in [-0.05, 0) is 47.9 Å². The summed E-state index contributed by atoms with van der Waals surface area (Å²) in [7, 11) is 0. The van der Waals surface area contributed by atoms with Gasteiger partial charge in [-0.2, -0.15) is 0 Å². The molecule has 4 nitrogen and oxygen atoms in total. The Kier molecular flexibility index (Phi) is 5.57. The second kappa shape index (κ2) is 8.81. The lowest BCUT2D eigenvalue weighted by molar-refractivity contribution is -0.119. The highest BCUT2D eigenvalue weighted by molar-refractivity contribution is 7.22. The van der Waals surface area contributed by atoms with Gasteiger partial charge in [-0.1, -0.05) is 78.1 Å². The van der Waals surface area contributed by atoms with Crippen molar-refractivity contribution >= 4 is 32.6 Å². The van der Waals surface area contributed by atoms with E-state index in [1.54, 1.807) is 11.2 Å². The smallest absolute Gasteiger partial charge is 0.241 e. The SMILES string of the molecule is Cc1ccc2nc(N(Cc3ccco3)C(=O)C(c3ccccc3)c3ccccc3)sc2c1. The number of fused-ring (bicyclic) bond motifs is 1. The Morgan fingerprint density at radius 2 is 1.62 bits per heavy atom. The number of nitrogens with zero attached hydrogens (tertiary/aromatic N) is 2. The monoisotopic (exact) mass is 438 g/mol. The number of rotatable bonds is 6. The van der Waals surface area contributed by atoms with Gasteiger partial charge in [0.05, 0.1) is 28.9 Å². The summed E-state index contributed by atoms with van der Waals surface area (Å²) in [5.41, 5.74) is 3.96. The van der Waals surface area contributed by atoms with Gasteiger partial charge >= 0.3 is 0 Å². The average Bonchev–Trinajstić information content (AvgIpc) is 3.48. The first-order valence-electron chi connectivity index (χ1n) is 10.5. The molecule has 2 aromatic heterocycles. The lowest BCUT2D eigenvalue weighted by atomic mass is 9.90. The average molecular weight is 439 g/mol. The molecule has 32 heavy (non-hydrogen) atoms. The fourth-order valence-corrected chi connectivity index (χ4v) is 4.93. The summed E-state index contributed by atoms with van der Waals surface area (Å²) in [6.07, 6.45) is 1.63. The third kappa shape index (κ3) is 4.07. The molecule has 0 fully saturated rings. The topological polar surface area (TPSA) is 46.3 Å². The first-order chi connectivity index (χ1) is 15.7. The van der Waals surface area contributed by atoms with Crippen LogP contribution in [0.2, 0.25) is 0 Å². The van der Waals surface area contributed by atoms with E-state index in [2.05, 4.69) is 13.0 Å². The number of furan rings is 1. The number of carbonyl (C=O) groups excluding carboxylic acids is 1. The molecule has 0 saturated heterocycles. The molecule has 0 aliphatic carbocycles. The van der Waals surface area contributed by atoms with Crippen molar-refractivity contribution in [3.8, 4) is 0 Å². The normalized spacial score (nSPS) is 11.2. The lowest BCUT2D eigenvalue weighted by Gasteiger charge is -2.25. The molecule has 5 rings (SSSR count). The third-order valence-electron chi connectivity index (χ3n) is 5.44. The van der Waals surface area contributed by atoms with Crippen molar-refractivity contribution in [2.24, 2.45) is 0 Å². The number of thiazole rings is 1. The highest BCUT2D eigenvalue weighted by Gasteiger charge is 2.30. The van der Waals surface area contributed by atoms with Crippen molar-refractivity contribution in [3.05, 3.63) is 120 Å². The number of anilines is 1. The van der Waals surface area contributed by atoms with Gasteiger partial charge in [0.2, 0.25) is 5.91 Å². The van der Waals surface area contributed by atoms with Crippen LogP contribution >= 0.6 is 11.3 Å². The summed E-state index contributed by atoms with van der Waals surface area (Å²) in [6.45, 7) is 2.38. The number of amides is 1. The van der Waals surface area contributed by atoms with E-state index in [1.807, 2.05) is 84.9 Å². The summed E-state index contributed by atoms with van der Waals surface area (Å²) < 4.78 is 6.67. The Balaban J connectivity index is 1.62. The highest BCUT2D eigenvalue weighted by atomic mass is 32.1. The van der Waals surface area contributed by atoms with Gasteiger partial charge in [-0.3, -0.25) is 9.69 Å². The van der Waals surface area contributed by atoms with Crippen molar-refractivity contribution in [3.63, 3.8) is 0 Å². The second-order valence-corrected chi connectivity index (χ2v) is 8.73. The van der Waals surface area contributed by atoms with Crippen molar-refractivity contribution in [2.75, 3.05) is 4.90 Å². The minimum Gasteiger partial charge on any atom is -0.467 e. The van der Waals surface area contributed by atoms with Crippen molar-refractivity contribution in [1.29, 1.82) is 0 Å². The van der Waals surface area contributed by atoms with Crippen LogP contribution in [0.4, 0.5) is 5.13 Å². The predicted molar refractivity (Wildman–Crippen MR) is 129 cm³/mol. The van der Waals surface area contributed by atoms with E-state index < -0.39 is 5.92 Å². The van der Waals surface area contributed by atoms with Crippen LogP contribution in [-0.4, -0.2) is 10.9 Å². The van der Waals surface area contributed by atoms with Gasteiger partial charge in [0, 0.05) is 0 Å². The van der Waals surface area contributed by atoms with E-state index in [-0.39, 0.29) is 5.91 Å². The van der Waals surface area contributed by atoms with Gasteiger partial charge in [0.1, 0.15) is 5.76 Å². The Bertz CT molecular complexity index is 1290. The molecule has 0 aliphatic rings. The minimum absolute atomic E-state index is 0.0328. The van der Waals surface area contributed by atoms with Crippen LogP contribution in [0.1, 0.15) is 28.4 Å². The van der Waals surface area contributed by atoms with E-state index in [0.29, 0.717) is 17.4 Å². The molecule has 0 aliphatic heterocycles. The second-order valence-electron chi connectivity index (χ2n) is 7.73. The van der Waals surface area contributed by atoms with Gasteiger partial charge in [-0.15, -0.1) is 0 Å². The molecule has 5 heteroatoms. The maximum Gasteiger partial charge on any atom is 0.241 e. The highest BCUT2D eigenvalue weighted by Crippen LogP contribution is 2.34. The zero-order valence-electron chi connectivity index (χ0n) is 17.6. The quantitative estimate of drug-likeness (QED) is 0.301. The molecule has 0 radical (unpaired) electrons. The molecule has 0 atom stereocenters. The Labute approximate surface area is 190 Å². The van der Waals surface area contributed by atoms with Crippen molar-refractivity contribution in [1.82, 2.24) is 4.98 Å². The first-order valence-corrected chi connectivity index (χ1v) is 11.3. The Morgan fingerprint density at radius 3 is 2.25 bits per heavy atom. The van der Waals surface area contributed by atoms with E-state index in [1.165, 1.54) is 16.9 Å². The minimum atomic E-state index is -0.443. The standard InChI is InChI=1S/C27H22N2O2S/c1-19-14-15-23-24(17-19)32-27(28-23)29(18-22-13-8-16-31-22)26(30)25(20-9-4-2-5-10-20)21-11-6-3-7-12-21/h2-17,25H,18H2,1H3. The van der Waals surface area contributed by atoms with Gasteiger partial charge in [-0.25, -0.2) is 4.98 Å². The molecular formula is C27H22N2O2S. The maximum atomic E-state index is 14.2. The molecule has 0 spiro atoms. The largest absolute Gasteiger partial charge is 0.467 e. The summed E-state index contributed by atoms with van der Waals surface area (Å²) in [5.74, 6) is 0.240. The molecule has 3 aromatic carbocycles. The van der Waals surface area contributed by atoms with Gasteiger partial charge in [0.15, 0.2) is 5.13 Å². The summed E-state index contributed by atoms with van der Waals surface area (Å²) >= 11 is 1.53. The van der Waals surface area contributed by atoms with Crippen LogP contribution in [0.15, 0.2) is 102 Å². The van der Waals surface area contributed by atoms with Crippen molar-refractivity contribution in [2.45, 2.75) is 19.4 Å². The molecule has 0 N–H and O–H groups in total. The third-order valence-corrected chi connectivity index (χ3v) is 6.48. The van der Waals surface area contributed by atoms with E-state index in [0.717, 1.165) is 21.3 Å². The molecule has 0 bridgehead atoms. The maximum absolute atomic E-state index is 14.2. The molecule has 2 heterocycles. The van der Waals surface area contributed by atoms with Crippen LogP contribution in [-0.2, 0) is 11.3 Å². The fraction of sp³-hybridized carbons (Fsp3) is 0.111. The van der Waals surface area contributed by atoms with Crippen LogP contribution < -0.4 is 4.90 Å². The van der Waals surface area contributed by atoms with Crippen LogP contribution in [0.3, 0.4) is 0 Å². The number of hydrogen-bond acceptors (Lipinski definition) is 4. The van der Waals surface area contributed by atoms with Gasteiger partial charge in [0.25, 0.3) is 0 Å². The molecule has 0 saturated carbocycles. The summed E-state index contributed by atoms with van der Waals surface area (Å²) in [5, 5.41) is 0.670. The first kappa shape index (κ1) is 20.2. The van der Waals surface area contributed by atoms with E-state index in [4.69, 9.17) is 9.40 Å². The Hall–Kier alpha value is -3.70. The van der Waals surface area contributed by atoms with Crippen molar-refractivity contribution < 1.29 is 9.21 Å². The number of benzene rings is 3. The Morgan fingerprint density at radius 1 is 0.938 bits per heavy atom. The number of aromatic nitrogens is 1. The lowest BCUT2D eigenvalue weighted by Crippen LogP contribution is -2.35. The van der Waals surface area contributed by atoms with Crippen LogP contribution in [0, 0.1) is 6.92 Å². The summed E-state index contributed by atoms with van der Waals surface area (Å²) in [6, 6.07) is 29.7. The predicted octanol–water partition coefficient (Wildman–Crippen LogP) is 6.56. The molecule has 0 unspecified atom stereocenters. The van der Waals surface area contributed by atoms with Gasteiger partial charge < -0.3 is 4.42 Å². The number of hydrogen-bond donors (Lipinski definition) is 0. The molecule has 1 amide bonds. The zero-order chi connectivity index (χ0) is 21.9.